The minimum atomic E-state index is -1.02. The van der Waals surface area contributed by atoms with Crippen LogP contribution in [0, 0.1) is 5.92 Å². The molecular formula is C17H25NO4. The number of carboxylic acids is 1. The number of rotatable bonds is 6. The van der Waals surface area contributed by atoms with Crippen molar-refractivity contribution in [3.8, 4) is 5.75 Å². The van der Waals surface area contributed by atoms with Crippen molar-refractivity contribution in [3.63, 3.8) is 0 Å². The van der Waals surface area contributed by atoms with Gasteiger partial charge in [-0.1, -0.05) is 13.8 Å². The monoisotopic (exact) mass is 307 g/mol. The lowest BCUT2D eigenvalue weighted by Gasteiger charge is -2.21. The highest BCUT2D eigenvalue weighted by Crippen LogP contribution is 2.18. The minimum absolute atomic E-state index is 0.184. The van der Waals surface area contributed by atoms with E-state index in [1.807, 2.05) is 34.6 Å². The smallest absolute Gasteiger partial charge is 0.326 e. The van der Waals surface area contributed by atoms with Crippen molar-refractivity contribution in [3.05, 3.63) is 29.8 Å². The van der Waals surface area contributed by atoms with E-state index in [1.54, 1.807) is 24.3 Å². The molecule has 0 fully saturated rings. The van der Waals surface area contributed by atoms with Gasteiger partial charge in [-0.25, -0.2) is 4.79 Å². The zero-order chi connectivity index (χ0) is 16.9. The molecule has 122 valence electrons. The molecule has 1 aromatic rings. The first-order valence-corrected chi connectivity index (χ1v) is 7.41. The van der Waals surface area contributed by atoms with Crippen LogP contribution in [0.25, 0.3) is 0 Å². The molecule has 5 heteroatoms. The van der Waals surface area contributed by atoms with E-state index in [9.17, 15) is 9.59 Å². The van der Waals surface area contributed by atoms with Crippen LogP contribution in [0.1, 0.15) is 51.4 Å². The number of carbonyl (C=O) groups excluding carboxylic acids is 1. The van der Waals surface area contributed by atoms with Crippen LogP contribution in [-0.4, -0.2) is 28.6 Å². The molecule has 1 aromatic carbocycles. The van der Waals surface area contributed by atoms with Gasteiger partial charge in [0.25, 0.3) is 5.91 Å². The molecule has 0 saturated heterocycles. The molecule has 1 amide bonds. The van der Waals surface area contributed by atoms with Crippen molar-refractivity contribution in [1.29, 1.82) is 0 Å². The summed E-state index contributed by atoms with van der Waals surface area (Å²) in [4.78, 5) is 23.3. The maximum Gasteiger partial charge on any atom is 0.326 e. The Morgan fingerprint density at radius 2 is 1.73 bits per heavy atom. The predicted octanol–water partition coefficient (Wildman–Crippen LogP) is 3.09. The summed E-state index contributed by atoms with van der Waals surface area (Å²) in [5.74, 6) is -0.560. The Morgan fingerprint density at radius 3 is 2.14 bits per heavy atom. The fourth-order valence-electron chi connectivity index (χ4n) is 1.96. The summed E-state index contributed by atoms with van der Waals surface area (Å²) in [6, 6.07) is 5.80. The van der Waals surface area contributed by atoms with Crippen molar-refractivity contribution in [1.82, 2.24) is 5.32 Å². The molecule has 1 unspecified atom stereocenters. The summed E-state index contributed by atoms with van der Waals surface area (Å²) in [5.41, 5.74) is 0.103. The van der Waals surface area contributed by atoms with Gasteiger partial charge in [0.2, 0.25) is 0 Å². The second-order valence-electron chi connectivity index (χ2n) is 6.73. The molecule has 1 atom stereocenters. The van der Waals surface area contributed by atoms with Gasteiger partial charge >= 0.3 is 5.97 Å². The van der Waals surface area contributed by atoms with Crippen LogP contribution >= 0.6 is 0 Å². The molecule has 0 saturated carbocycles. The summed E-state index contributed by atoms with van der Waals surface area (Å²) in [7, 11) is 0. The summed E-state index contributed by atoms with van der Waals surface area (Å²) < 4.78 is 5.68. The number of carbonyl (C=O) groups is 2. The first-order valence-electron chi connectivity index (χ1n) is 7.41. The lowest BCUT2D eigenvalue weighted by atomic mass is 10.0. The van der Waals surface area contributed by atoms with Crippen molar-refractivity contribution < 1.29 is 19.4 Å². The van der Waals surface area contributed by atoms with Gasteiger partial charge in [-0.15, -0.1) is 0 Å². The van der Waals surface area contributed by atoms with Gasteiger partial charge < -0.3 is 15.2 Å². The van der Waals surface area contributed by atoms with Crippen LogP contribution in [-0.2, 0) is 4.79 Å². The summed E-state index contributed by atoms with van der Waals surface area (Å²) in [6.07, 6.45) is 0.395. The second-order valence-corrected chi connectivity index (χ2v) is 6.73. The molecule has 0 aliphatic heterocycles. The maximum absolute atomic E-state index is 12.1. The Bertz CT molecular complexity index is 514. The predicted molar refractivity (Wildman–Crippen MR) is 85.2 cm³/mol. The zero-order valence-electron chi connectivity index (χ0n) is 13.8. The van der Waals surface area contributed by atoms with E-state index in [0.29, 0.717) is 17.7 Å². The Labute approximate surface area is 131 Å². The van der Waals surface area contributed by atoms with Crippen LogP contribution in [0.15, 0.2) is 24.3 Å². The van der Waals surface area contributed by atoms with E-state index in [-0.39, 0.29) is 11.5 Å². The normalized spacial score (nSPS) is 12.8. The quantitative estimate of drug-likeness (QED) is 0.847. The third-order valence-corrected chi connectivity index (χ3v) is 2.85. The number of nitrogens with one attached hydrogen (secondary N) is 1. The van der Waals surface area contributed by atoms with Crippen LogP contribution in [0.5, 0.6) is 5.75 Å². The molecule has 0 heterocycles. The number of amides is 1. The number of carboxylic acid groups (broad SMARTS) is 1. The first kappa shape index (κ1) is 18.0. The first-order chi connectivity index (χ1) is 10.1. The molecule has 0 aromatic heterocycles. The van der Waals surface area contributed by atoms with Crippen LogP contribution in [0.4, 0.5) is 0 Å². The molecule has 22 heavy (non-hydrogen) atoms. The highest BCUT2D eigenvalue weighted by Gasteiger charge is 2.21. The number of ether oxygens (including phenoxy) is 1. The van der Waals surface area contributed by atoms with E-state index >= 15 is 0 Å². The SMILES string of the molecule is CC(C)CC(NC(=O)c1ccc(OC(C)(C)C)cc1)C(=O)O. The molecule has 0 aliphatic carbocycles. The Kier molecular flexibility index (Phi) is 5.97. The van der Waals surface area contributed by atoms with Gasteiger partial charge in [0.1, 0.15) is 17.4 Å². The number of hydrogen-bond acceptors (Lipinski definition) is 3. The van der Waals surface area contributed by atoms with Crippen molar-refractivity contribution in [2.24, 2.45) is 5.92 Å². The maximum atomic E-state index is 12.1. The zero-order valence-corrected chi connectivity index (χ0v) is 13.8. The van der Waals surface area contributed by atoms with Crippen molar-refractivity contribution in [2.75, 3.05) is 0 Å². The topological polar surface area (TPSA) is 75.6 Å². The summed E-state index contributed by atoms with van der Waals surface area (Å²) >= 11 is 0. The highest BCUT2D eigenvalue weighted by atomic mass is 16.5. The lowest BCUT2D eigenvalue weighted by Crippen LogP contribution is -2.41. The van der Waals surface area contributed by atoms with E-state index in [4.69, 9.17) is 9.84 Å². The minimum Gasteiger partial charge on any atom is -0.488 e. The lowest BCUT2D eigenvalue weighted by molar-refractivity contribution is -0.139. The number of benzene rings is 1. The molecule has 0 spiro atoms. The molecule has 0 bridgehead atoms. The Morgan fingerprint density at radius 1 is 1.18 bits per heavy atom. The van der Waals surface area contributed by atoms with Gasteiger partial charge in [-0.3, -0.25) is 4.79 Å². The van der Waals surface area contributed by atoms with Gasteiger partial charge in [-0.05, 0) is 57.4 Å². The van der Waals surface area contributed by atoms with E-state index < -0.39 is 17.9 Å². The van der Waals surface area contributed by atoms with Gasteiger partial charge in [-0.2, -0.15) is 0 Å². The Hall–Kier alpha value is -2.04. The Balaban J connectivity index is 2.74. The fourth-order valence-corrected chi connectivity index (χ4v) is 1.96. The van der Waals surface area contributed by atoms with E-state index in [1.165, 1.54) is 0 Å². The summed E-state index contributed by atoms with van der Waals surface area (Å²) in [5, 5.41) is 11.7. The average molecular weight is 307 g/mol. The molecule has 0 aliphatic rings. The number of aliphatic carboxylic acids is 1. The van der Waals surface area contributed by atoms with Crippen molar-refractivity contribution in [2.45, 2.75) is 52.7 Å². The van der Waals surface area contributed by atoms with Gasteiger partial charge in [0.05, 0.1) is 0 Å². The van der Waals surface area contributed by atoms with Crippen LogP contribution < -0.4 is 10.1 Å². The fraction of sp³-hybridized carbons (Fsp3) is 0.529. The molecule has 5 nitrogen and oxygen atoms in total. The standard InChI is InChI=1S/C17H25NO4/c1-11(2)10-14(16(20)21)18-15(19)12-6-8-13(9-7-12)22-17(3,4)5/h6-9,11,14H,10H2,1-5H3,(H,18,19)(H,20,21). The van der Waals surface area contributed by atoms with Gasteiger partial charge in [0, 0.05) is 5.56 Å². The van der Waals surface area contributed by atoms with Crippen LogP contribution in [0.2, 0.25) is 0 Å². The third kappa shape index (κ3) is 6.16. The summed E-state index contributed by atoms with van der Waals surface area (Å²) in [6.45, 7) is 9.66. The molecule has 1 rings (SSSR count). The average Bonchev–Trinajstić information content (AvgIpc) is 2.36. The van der Waals surface area contributed by atoms with Gasteiger partial charge in [0.15, 0.2) is 0 Å². The second kappa shape index (κ2) is 7.29. The molecule has 0 radical (unpaired) electrons. The highest BCUT2D eigenvalue weighted by molar-refractivity contribution is 5.96. The van der Waals surface area contributed by atoms with E-state index in [0.717, 1.165) is 0 Å². The largest absolute Gasteiger partial charge is 0.488 e. The van der Waals surface area contributed by atoms with Crippen LogP contribution in [0.3, 0.4) is 0 Å². The molecule has 2 N–H and O–H groups in total. The molecular weight excluding hydrogens is 282 g/mol. The third-order valence-electron chi connectivity index (χ3n) is 2.85. The van der Waals surface area contributed by atoms with E-state index in [2.05, 4.69) is 5.32 Å². The number of hydrogen-bond donors (Lipinski definition) is 2. The van der Waals surface area contributed by atoms with Crippen molar-refractivity contribution >= 4 is 11.9 Å².